The van der Waals surface area contributed by atoms with E-state index in [-0.39, 0.29) is 5.91 Å². The van der Waals surface area contributed by atoms with Gasteiger partial charge >= 0.3 is 0 Å². The Morgan fingerprint density at radius 1 is 1.24 bits per heavy atom. The zero-order valence-electron chi connectivity index (χ0n) is 17.2. The Hall–Kier alpha value is -2.54. The van der Waals surface area contributed by atoms with E-state index in [1.54, 1.807) is 18.4 Å². The highest BCUT2D eigenvalue weighted by Crippen LogP contribution is 2.27. The Morgan fingerprint density at radius 2 is 2.07 bits per heavy atom. The van der Waals surface area contributed by atoms with Crippen LogP contribution in [0, 0.1) is 0 Å². The molecule has 6 nitrogen and oxygen atoms in total. The van der Waals surface area contributed by atoms with Gasteiger partial charge in [-0.1, -0.05) is 12.1 Å². The number of nitrogens with zero attached hydrogens (tertiary/aromatic N) is 2. The number of guanidine groups is 1. The third-order valence-corrected chi connectivity index (χ3v) is 5.80. The summed E-state index contributed by atoms with van der Waals surface area (Å²) in [4.78, 5) is 19.5. The fourth-order valence-electron chi connectivity index (χ4n) is 3.31. The first-order chi connectivity index (χ1) is 14.2. The molecule has 0 unspecified atom stereocenters. The number of hydrogen-bond acceptors (Lipinski definition) is 4. The molecule has 0 aliphatic carbocycles. The number of hydrogen-bond donors (Lipinski definition) is 2. The molecule has 29 heavy (non-hydrogen) atoms. The van der Waals surface area contributed by atoms with E-state index in [9.17, 15) is 4.79 Å². The lowest BCUT2D eigenvalue weighted by Gasteiger charge is -2.16. The lowest BCUT2D eigenvalue weighted by molar-refractivity contribution is -0.127. The van der Waals surface area contributed by atoms with Crippen molar-refractivity contribution in [1.82, 2.24) is 15.5 Å². The maximum Gasteiger partial charge on any atom is 0.222 e. The maximum absolute atomic E-state index is 11.7. The highest BCUT2D eigenvalue weighted by atomic mass is 32.1. The summed E-state index contributed by atoms with van der Waals surface area (Å²) in [6.07, 6.45) is 2.63. The minimum atomic E-state index is 0.288. The van der Waals surface area contributed by atoms with E-state index >= 15 is 0 Å². The first-order valence-electron chi connectivity index (χ1n) is 10.2. The molecule has 1 aliphatic rings. The molecule has 0 spiro atoms. The Kier molecular flexibility index (Phi) is 7.93. The van der Waals surface area contributed by atoms with Crippen molar-refractivity contribution in [3.05, 3.63) is 40.6 Å². The van der Waals surface area contributed by atoms with E-state index in [0.717, 1.165) is 50.7 Å². The van der Waals surface area contributed by atoms with Crippen LogP contribution in [0.1, 0.15) is 31.1 Å². The molecule has 1 fully saturated rings. The first kappa shape index (κ1) is 21.2. The van der Waals surface area contributed by atoms with Gasteiger partial charge in [0, 0.05) is 37.5 Å². The molecule has 3 rings (SSSR count). The number of likely N-dealkylation sites (tertiary alicyclic amines) is 1. The Labute approximate surface area is 177 Å². The normalized spacial score (nSPS) is 14.3. The lowest BCUT2D eigenvalue weighted by Crippen LogP contribution is -2.38. The Balaban J connectivity index is 1.50. The van der Waals surface area contributed by atoms with Gasteiger partial charge in [0.1, 0.15) is 5.75 Å². The number of carbonyl (C=O) groups is 1. The third-order valence-electron chi connectivity index (χ3n) is 4.88. The van der Waals surface area contributed by atoms with Crippen molar-refractivity contribution in [3.63, 3.8) is 0 Å². The van der Waals surface area contributed by atoms with Crippen molar-refractivity contribution < 1.29 is 9.53 Å². The Bertz CT molecular complexity index is 816. The van der Waals surface area contributed by atoms with Gasteiger partial charge in [-0.3, -0.25) is 4.79 Å². The molecule has 1 amide bonds. The van der Waals surface area contributed by atoms with Crippen molar-refractivity contribution in [1.29, 1.82) is 0 Å². The molecule has 1 aliphatic heterocycles. The van der Waals surface area contributed by atoms with E-state index in [1.807, 2.05) is 17.0 Å². The van der Waals surface area contributed by atoms with Crippen molar-refractivity contribution in [2.45, 2.75) is 32.7 Å². The summed E-state index contributed by atoms with van der Waals surface area (Å²) in [7, 11) is 1.68. The van der Waals surface area contributed by atoms with Gasteiger partial charge in [0.05, 0.1) is 13.7 Å². The number of carbonyl (C=O) groups excluding carboxylic acids is 1. The molecule has 1 aromatic carbocycles. The summed E-state index contributed by atoms with van der Waals surface area (Å²) >= 11 is 1.72. The number of amides is 1. The van der Waals surface area contributed by atoms with Crippen LogP contribution in [-0.2, 0) is 11.3 Å². The number of thiophene rings is 1. The largest absolute Gasteiger partial charge is 0.497 e. The maximum atomic E-state index is 11.7. The molecular weight excluding hydrogens is 384 g/mol. The minimum Gasteiger partial charge on any atom is -0.497 e. The predicted molar refractivity (Wildman–Crippen MR) is 120 cm³/mol. The summed E-state index contributed by atoms with van der Waals surface area (Å²) in [6.45, 7) is 6.05. The van der Waals surface area contributed by atoms with Crippen LogP contribution in [0.25, 0.3) is 11.1 Å². The van der Waals surface area contributed by atoms with Gasteiger partial charge in [-0.25, -0.2) is 4.99 Å². The number of methoxy groups -OCH3 is 1. The minimum absolute atomic E-state index is 0.288. The van der Waals surface area contributed by atoms with Gasteiger partial charge in [-0.2, -0.15) is 0 Å². The van der Waals surface area contributed by atoms with Gasteiger partial charge in [-0.05, 0) is 54.5 Å². The van der Waals surface area contributed by atoms with Crippen molar-refractivity contribution in [2.24, 2.45) is 4.99 Å². The van der Waals surface area contributed by atoms with E-state index in [0.29, 0.717) is 13.0 Å². The van der Waals surface area contributed by atoms with Gasteiger partial charge in [-0.15, -0.1) is 11.3 Å². The van der Waals surface area contributed by atoms with E-state index < -0.39 is 0 Å². The van der Waals surface area contributed by atoms with Crippen molar-refractivity contribution >= 4 is 23.2 Å². The fourth-order valence-corrected chi connectivity index (χ4v) is 4.13. The number of benzene rings is 1. The fraction of sp³-hybridized carbons (Fsp3) is 0.455. The van der Waals surface area contributed by atoms with E-state index in [4.69, 9.17) is 9.73 Å². The van der Waals surface area contributed by atoms with Crippen molar-refractivity contribution in [3.8, 4) is 16.9 Å². The monoisotopic (exact) mass is 414 g/mol. The topological polar surface area (TPSA) is 66.0 Å². The molecule has 0 atom stereocenters. The second-order valence-corrected chi connectivity index (χ2v) is 7.99. The SMILES string of the molecule is CCNC(=NCc1cc(-c2ccc(OC)cc2)cs1)NCCCN1CCCC1=O. The van der Waals surface area contributed by atoms with E-state index in [1.165, 1.54) is 16.0 Å². The quantitative estimate of drug-likeness (QED) is 0.374. The summed E-state index contributed by atoms with van der Waals surface area (Å²) in [5.41, 5.74) is 2.38. The summed E-state index contributed by atoms with van der Waals surface area (Å²) < 4.78 is 5.22. The molecule has 7 heteroatoms. The molecule has 1 saturated heterocycles. The van der Waals surface area contributed by atoms with Crippen LogP contribution < -0.4 is 15.4 Å². The van der Waals surface area contributed by atoms with Gasteiger partial charge in [0.25, 0.3) is 0 Å². The van der Waals surface area contributed by atoms with Gasteiger partial charge < -0.3 is 20.3 Å². The molecular formula is C22H30N4O2S. The smallest absolute Gasteiger partial charge is 0.222 e. The summed E-state index contributed by atoms with van der Waals surface area (Å²) in [6, 6.07) is 10.3. The second-order valence-electron chi connectivity index (χ2n) is 6.99. The molecule has 2 N–H and O–H groups in total. The zero-order chi connectivity index (χ0) is 20.5. The van der Waals surface area contributed by atoms with Crippen LogP contribution in [0.3, 0.4) is 0 Å². The van der Waals surface area contributed by atoms with Crippen LogP contribution in [-0.4, -0.2) is 50.1 Å². The first-order valence-corrected chi connectivity index (χ1v) is 11.1. The molecule has 0 radical (unpaired) electrons. The molecule has 156 valence electrons. The molecule has 1 aromatic heterocycles. The van der Waals surface area contributed by atoms with E-state index in [2.05, 4.69) is 41.1 Å². The number of rotatable bonds is 9. The van der Waals surface area contributed by atoms with Crippen LogP contribution in [0.2, 0.25) is 0 Å². The average molecular weight is 415 g/mol. The zero-order valence-corrected chi connectivity index (χ0v) is 18.1. The highest BCUT2D eigenvalue weighted by molar-refractivity contribution is 7.10. The molecule has 0 saturated carbocycles. The van der Waals surface area contributed by atoms with Gasteiger partial charge in [0.2, 0.25) is 5.91 Å². The molecule has 2 aromatic rings. The third kappa shape index (κ3) is 6.22. The second kappa shape index (κ2) is 10.9. The summed E-state index contributed by atoms with van der Waals surface area (Å²) in [5, 5.41) is 8.83. The number of ether oxygens (including phenoxy) is 1. The van der Waals surface area contributed by atoms with Crippen LogP contribution >= 0.6 is 11.3 Å². The average Bonchev–Trinajstić information content (AvgIpc) is 3.38. The molecule has 2 heterocycles. The predicted octanol–water partition coefficient (Wildman–Crippen LogP) is 3.49. The molecule has 0 bridgehead atoms. The number of nitrogens with one attached hydrogen (secondary N) is 2. The lowest BCUT2D eigenvalue weighted by atomic mass is 10.1. The van der Waals surface area contributed by atoms with Crippen LogP contribution in [0.4, 0.5) is 0 Å². The van der Waals surface area contributed by atoms with Crippen LogP contribution in [0.15, 0.2) is 40.7 Å². The van der Waals surface area contributed by atoms with Gasteiger partial charge in [0.15, 0.2) is 5.96 Å². The van der Waals surface area contributed by atoms with Crippen LogP contribution in [0.5, 0.6) is 5.75 Å². The Morgan fingerprint density at radius 3 is 2.76 bits per heavy atom. The standard InChI is InChI=1S/C22H30N4O2S/c1-3-23-22(24-11-5-13-26-12-4-6-21(26)27)25-15-20-14-18(16-29-20)17-7-9-19(28-2)10-8-17/h7-10,14,16H,3-6,11-13,15H2,1-2H3,(H2,23,24,25). The highest BCUT2D eigenvalue weighted by Gasteiger charge is 2.18. The summed E-state index contributed by atoms with van der Waals surface area (Å²) in [5.74, 6) is 1.97. The van der Waals surface area contributed by atoms with Crippen molar-refractivity contribution in [2.75, 3.05) is 33.3 Å². The number of aliphatic imine (C=N–C) groups is 1.